The van der Waals surface area contributed by atoms with Crippen molar-refractivity contribution in [3.8, 4) is 23.1 Å². The van der Waals surface area contributed by atoms with Crippen molar-refractivity contribution in [2.24, 2.45) is 0 Å². The Morgan fingerprint density at radius 1 is 0.971 bits per heavy atom. The second-order valence-electron chi connectivity index (χ2n) is 7.68. The van der Waals surface area contributed by atoms with E-state index in [9.17, 15) is 4.79 Å². The molecule has 2 aromatic heterocycles. The molecule has 0 aliphatic rings. The molecule has 4 aromatic rings. The maximum Gasteiger partial charge on any atom is 0.249 e. The third-order valence-corrected chi connectivity index (χ3v) is 5.32. The van der Waals surface area contributed by atoms with E-state index in [1.54, 1.807) is 50.3 Å². The summed E-state index contributed by atoms with van der Waals surface area (Å²) in [5.74, 6) is 2.35. The first-order valence-electron chi connectivity index (χ1n) is 10.7. The highest BCUT2D eigenvalue weighted by molar-refractivity contribution is 6.01. The van der Waals surface area contributed by atoms with Crippen LogP contribution in [0.2, 0.25) is 0 Å². The van der Waals surface area contributed by atoms with Gasteiger partial charge >= 0.3 is 0 Å². The van der Waals surface area contributed by atoms with Gasteiger partial charge in [0.15, 0.2) is 17.3 Å². The van der Waals surface area contributed by atoms with Crippen LogP contribution in [0, 0.1) is 13.8 Å². The number of fused-ring (bicyclic) bond motifs is 1. The minimum Gasteiger partial charge on any atom is -0.493 e. The monoisotopic (exact) mass is 458 g/mol. The molecule has 4 rings (SSSR count). The normalized spacial score (nSPS) is 11.1. The topological polar surface area (TPSA) is 87.5 Å². The van der Waals surface area contributed by atoms with Gasteiger partial charge in [0.05, 0.1) is 32.5 Å². The van der Waals surface area contributed by atoms with Crippen LogP contribution < -0.4 is 19.5 Å². The molecule has 0 aliphatic carbocycles. The SMILES string of the molecule is COc1cc(/C=C/C(=O)Nc2cc(C)nn2-c2cc(C)c3ccccc3n2)cc(OC)c1OC. The fraction of sp³-hybridized carbons (Fsp3) is 0.192. The van der Waals surface area contributed by atoms with E-state index in [1.807, 2.05) is 44.2 Å². The molecule has 0 bridgehead atoms. The highest BCUT2D eigenvalue weighted by Crippen LogP contribution is 2.38. The lowest BCUT2D eigenvalue weighted by molar-refractivity contribution is -0.111. The number of aryl methyl sites for hydroxylation is 2. The van der Waals surface area contributed by atoms with Gasteiger partial charge in [0.2, 0.25) is 11.7 Å². The van der Waals surface area contributed by atoms with Gasteiger partial charge in [0.25, 0.3) is 0 Å². The van der Waals surface area contributed by atoms with Crippen LogP contribution in [-0.2, 0) is 4.79 Å². The molecule has 0 saturated heterocycles. The van der Waals surface area contributed by atoms with E-state index in [-0.39, 0.29) is 5.91 Å². The number of amides is 1. The van der Waals surface area contributed by atoms with E-state index >= 15 is 0 Å². The van der Waals surface area contributed by atoms with Crippen LogP contribution in [-0.4, -0.2) is 42.0 Å². The Bertz CT molecular complexity index is 1370. The number of carbonyl (C=O) groups excluding carboxylic acids is 1. The second kappa shape index (κ2) is 9.66. The van der Waals surface area contributed by atoms with E-state index in [0.29, 0.717) is 28.9 Å². The molecule has 34 heavy (non-hydrogen) atoms. The first-order valence-corrected chi connectivity index (χ1v) is 10.7. The summed E-state index contributed by atoms with van der Waals surface area (Å²) in [6.07, 6.45) is 3.11. The van der Waals surface area contributed by atoms with E-state index in [2.05, 4.69) is 10.4 Å². The molecule has 0 aliphatic heterocycles. The number of ether oxygens (including phenoxy) is 3. The van der Waals surface area contributed by atoms with Gasteiger partial charge in [-0.05, 0) is 55.3 Å². The third kappa shape index (κ3) is 4.56. The Balaban J connectivity index is 1.60. The number of nitrogens with one attached hydrogen (secondary N) is 1. The van der Waals surface area contributed by atoms with Crippen molar-refractivity contribution in [2.75, 3.05) is 26.6 Å². The Kier molecular flexibility index (Phi) is 6.49. The predicted molar refractivity (Wildman–Crippen MR) is 132 cm³/mol. The van der Waals surface area contributed by atoms with E-state index in [4.69, 9.17) is 19.2 Å². The van der Waals surface area contributed by atoms with E-state index in [1.165, 1.54) is 6.08 Å². The van der Waals surface area contributed by atoms with Crippen LogP contribution in [0.4, 0.5) is 5.82 Å². The molecule has 0 spiro atoms. The number of hydrogen-bond acceptors (Lipinski definition) is 6. The quantitative estimate of drug-likeness (QED) is 0.404. The molecule has 1 amide bonds. The van der Waals surface area contributed by atoms with Crippen molar-refractivity contribution in [1.29, 1.82) is 0 Å². The molecule has 8 heteroatoms. The number of pyridine rings is 1. The molecule has 2 heterocycles. The summed E-state index contributed by atoms with van der Waals surface area (Å²) in [5, 5.41) is 8.51. The summed E-state index contributed by atoms with van der Waals surface area (Å²) < 4.78 is 17.7. The van der Waals surface area contributed by atoms with E-state index in [0.717, 1.165) is 27.7 Å². The Labute approximate surface area is 197 Å². The summed E-state index contributed by atoms with van der Waals surface area (Å²) in [6, 6.07) is 15.2. The van der Waals surface area contributed by atoms with Crippen molar-refractivity contribution >= 4 is 28.7 Å². The van der Waals surface area contributed by atoms with Gasteiger partial charge in [-0.25, -0.2) is 4.98 Å². The average Bonchev–Trinajstić information content (AvgIpc) is 3.21. The number of hydrogen-bond donors (Lipinski definition) is 1. The van der Waals surface area contributed by atoms with Gasteiger partial charge in [-0.3, -0.25) is 4.79 Å². The lowest BCUT2D eigenvalue weighted by atomic mass is 10.1. The molecule has 1 N–H and O–H groups in total. The molecule has 0 atom stereocenters. The van der Waals surface area contributed by atoms with Crippen molar-refractivity contribution in [3.63, 3.8) is 0 Å². The summed E-state index contributed by atoms with van der Waals surface area (Å²) >= 11 is 0. The standard InChI is InChI=1S/C26H26N4O4/c1-16-12-23(27-20-9-7-6-8-19(16)20)30-24(13-17(2)29-30)28-25(31)11-10-18-14-21(32-3)26(34-5)22(15-18)33-4/h6-15H,1-5H3,(H,28,31)/b11-10+. The number of benzene rings is 2. The number of anilines is 1. The molecular formula is C26H26N4O4. The van der Waals surface area contributed by atoms with Crippen molar-refractivity contribution in [2.45, 2.75) is 13.8 Å². The maximum atomic E-state index is 12.7. The zero-order chi connectivity index (χ0) is 24.2. The fourth-order valence-corrected chi connectivity index (χ4v) is 3.74. The smallest absolute Gasteiger partial charge is 0.249 e. The number of carbonyl (C=O) groups is 1. The zero-order valence-corrected chi connectivity index (χ0v) is 19.7. The van der Waals surface area contributed by atoms with Gasteiger partial charge in [-0.15, -0.1) is 0 Å². The highest BCUT2D eigenvalue weighted by atomic mass is 16.5. The number of rotatable bonds is 7. The lowest BCUT2D eigenvalue weighted by Gasteiger charge is -2.12. The average molecular weight is 459 g/mol. The molecule has 174 valence electrons. The maximum absolute atomic E-state index is 12.7. The van der Waals surface area contributed by atoms with Crippen LogP contribution in [0.25, 0.3) is 22.8 Å². The molecule has 0 saturated carbocycles. The van der Waals surface area contributed by atoms with Crippen LogP contribution in [0.5, 0.6) is 17.2 Å². The number of methoxy groups -OCH3 is 3. The highest BCUT2D eigenvalue weighted by Gasteiger charge is 2.14. The predicted octanol–water partition coefficient (Wildman–Crippen LogP) is 4.72. The largest absolute Gasteiger partial charge is 0.493 e. The fourth-order valence-electron chi connectivity index (χ4n) is 3.74. The van der Waals surface area contributed by atoms with Crippen molar-refractivity contribution < 1.29 is 19.0 Å². The first kappa shape index (κ1) is 22.8. The Hall–Kier alpha value is -4.33. The van der Waals surface area contributed by atoms with Gasteiger partial charge in [-0.2, -0.15) is 9.78 Å². The van der Waals surface area contributed by atoms with Crippen LogP contribution in [0.1, 0.15) is 16.8 Å². The zero-order valence-electron chi connectivity index (χ0n) is 19.7. The van der Waals surface area contributed by atoms with Gasteiger partial charge in [-0.1, -0.05) is 18.2 Å². The molecular weight excluding hydrogens is 432 g/mol. The molecule has 0 radical (unpaired) electrons. The Morgan fingerprint density at radius 3 is 2.35 bits per heavy atom. The molecule has 2 aromatic carbocycles. The minimum atomic E-state index is -0.313. The van der Waals surface area contributed by atoms with Crippen molar-refractivity contribution in [1.82, 2.24) is 14.8 Å². The van der Waals surface area contributed by atoms with Crippen LogP contribution in [0.15, 0.2) is 54.6 Å². The van der Waals surface area contributed by atoms with E-state index < -0.39 is 0 Å². The number of nitrogens with zero attached hydrogens (tertiary/aromatic N) is 3. The van der Waals surface area contributed by atoms with Crippen molar-refractivity contribution in [3.05, 3.63) is 71.4 Å². The molecule has 8 nitrogen and oxygen atoms in total. The molecule has 0 fully saturated rings. The lowest BCUT2D eigenvalue weighted by Crippen LogP contribution is -2.13. The Morgan fingerprint density at radius 2 is 1.68 bits per heavy atom. The van der Waals surface area contributed by atoms with Crippen LogP contribution >= 0.6 is 0 Å². The van der Waals surface area contributed by atoms with Gasteiger partial charge in [0.1, 0.15) is 5.82 Å². The van der Waals surface area contributed by atoms with Crippen LogP contribution in [0.3, 0.4) is 0 Å². The molecule has 0 unspecified atom stereocenters. The number of para-hydroxylation sites is 1. The second-order valence-corrected chi connectivity index (χ2v) is 7.68. The summed E-state index contributed by atoms with van der Waals surface area (Å²) in [5.41, 5.74) is 3.43. The summed E-state index contributed by atoms with van der Waals surface area (Å²) in [4.78, 5) is 17.5. The third-order valence-electron chi connectivity index (χ3n) is 5.32. The van der Waals surface area contributed by atoms with Gasteiger partial charge in [0, 0.05) is 17.5 Å². The minimum absolute atomic E-state index is 0.313. The number of aromatic nitrogens is 3. The summed E-state index contributed by atoms with van der Waals surface area (Å²) in [6.45, 7) is 3.90. The first-order chi connectivity index (χ1) is 16.4. The van der Waals surface area contributed by atoms with Gasteiger partial charge < -0.3 is 19.5 Å². The summed E-state index contributed by atoms with van der Waals surface area (Å²) in [7, 11) is 4.63.